The molecule has 0 aromatic rings. The zero-order valence-electron chi connectivity index (χ0n) is 13.7. The van der Waals surface area contributed by atoms with Crippen LogP contribution in [0.1, 0.15) is 39.0 Å². The van der Waals surface area contributed by atoms with Crippen molar-refractivity contribution in [1.82, 2.24) is 15.1 Å². The summed E-state index contributed by atoms with van der Waals surface area (Å²) >= 11 is 0. The second-order valence-electron chi connectivity index (χ2n) is 7.04. The largest absolute Gasteiger partial charge is 0.401 e. The van der Waals surface area contributed by atoms with Crippen LogP contribution in [0.5, 0.6) is 0 Å². The molecule has 0 saturated carbocycles. The van der Waals surface area contributed by atoms with Crippen LogP contribution in [0.25, 0.3) is 0 Å². The van der Waals surface area contributed by atoms with Crippen molar-refractivity contribution in [2.24, 2.45) is 5.92 Å². The van der Waals surface area contributed by atoms with Gasteiger partial charge < -0.3 is 10.2 Å². The lowest BCUT2D eigenvalue weighted by Crippen LogP contribution is -2.47. The average Bonchev–Trinajstić information content (AvgIpc) is 2.46. The normalized spacial score (nSPS) is 24.5. The summed E-state index contributed by atoms with van der Waals surface area (Å²) in [5, 5.41) is 3.56. The van der Waals surface area contributed by atoms with Crippen LogP contribution in [0.4, 0.5) is 13.2 Å². The molecule has 3 nitrogen and oxygen atoms in total. The van der Waals surface area contributed by atoms with Crippen molar-refractivity contribution in [2.75, 3.05) is 45.8 Å². The fourth-order valence-corrected chi connectivity index (χ4v) is 3.56. The fourth-order valence-electron chi connectivity index (χ4n) is 3.56. The van der Waals surface area contributed by atoms with Crippen LogP contribution in [0.15, 0.2) is 0 Å². The Labute approximate surface area is 132 Å². The van der Waals surface area contributed by atoms with Crippen molar-refractivity contribution in [3.05, 3.63) is 0 Å². The van der Waals surface area contributed by atoms with E-state index in [9.17, 15) is 13.2 Å². The molecule has 0 aliphatic carbocycles. The Morgan fingerprint density at radius 3 is 2.23 bits per heavy atom. The van der Waals surface area contributed by atoms with Crippen LogP contribution in [-0.4, -0.2) is 67.8 Å². The van der Waals surface area contributed by atoms with Gasteiger partial charge in [0, 0.05) is 12.6 Å². The zero-order valence-corrected chi connectivity index (χ0v) is 13.7. The van der Waals surface area contributed by atoms with Gasteiger partial charge >= 0.3 is 6.18 Å². The first-order valence-electron chi connectivity index (χ1n) is 8.67. The summed E-state index contributed by atoms with van der Waals surface area (Å²) in [5.74, 6) is 0.603. The van der Waals surface area contributed by atoms with Gasteiger partial charge in [-0.3, -0.25) is 4.90 Å². The number of piperidine rings is 2. The molecule has 22 heavy (non-hydrogen) atoms. The summed E-state index contributed by atoms with van der Waals surface area (Å²) < 4.78 is 37.1. The van der Waals surface area contributed by atoms with Gasteiger partial charge in [0.25, 0.3) is 0 Å². The molecule has 2 heterocycles. The lowest BCUT2D eigenvalue weighted by molar-refractivity contribution is -0.148. The van der Waals surface area contributed by atoms with Crippen molar-refractivity contribution < 1.29 is 13.2 Å². The lowest BCUT2D eigenvalue weighted by Gasteiger charge is -2.34. The summed E-state index contributed by atoms with van der Waals surface area (Å²) in [5.41, 5.74) is 0. The first-order chi connectivity index (χ1) is 10.4. The summed E-state index contributed by atoms with van der Waals surface area (Å²) in [7, 11) is 0. The molecule has 2 rings (SSSR count). The smallest absolute Gasteiger partial charge is 0.314 e. The molecule has 0 bridgehead atoms. The molecule has 130 valence electrons. The van der Waals surface area contributed by atoms with Crippen LogP contribution in [0.2, 0.25) is 0 Å². The molecule has 2 saturated heterocycles. The van der Waals surface area contributed by atoms with Crippen molar-refractivity contribution in [1.29, 1.82) is 0 Å². The Bertz CT molecular complexity index is 308. The minimum absolute atomic E-state index is 0.383. The Kier molecular flexibility index (Phi) is 6.96. The zero-order chi connectivity index (χ0) is 16.0. The maximum Gasteiger partial charge on any atom is 0.401 e. The van der Waals surface area contributed by atoms with E-state index in [4.69, 9.17) is 0 Å². The number of alkyl halides is 3. The van der Waals surface area contributed by atoms with Gasteiger partial charge in [-0.25, -0.2) is 0 Å². The minimum Gasteiger partial charge on any atom is -0.314 e. The molecule has 2 aliphatic rings. The molecule has 0 amide bonds. The molecule has 1 N–H and O–H groups in total. The highest BCUT2D eigenvalue weighted by Crippen LogP contribution is 2.20. The molecule has 2 aliphatic heterocycles. The van der Waals surface area contributed by atoms with Crippen molar-refractivity contribution in [3.8, 4) is 0 Å². The Balaban J connectivity index is 1.58. The fraction of sp³-hybridized carbons (Fsp3) is 1.00. The predicted molar refractivity (Wildman–Crippen MR) is 83.0 cm³/mol. The molecule has 0 radical (unpaired) electrons. The van der Waals surface area contributed by atoms with E-state index in [1.165, 1.54) is 37.3 Å². The third kappa shape index (κ3) is 6.84. The van der Waals surface area contributed by atoms with E-state index in [0.29, 0.717) is 25.0 Å². The number of halogens is 3. The molecular weight excluding hydrogens is 291 g/mol. The maximum atomic E-state index is 12.4. The molecular formula is C16H30F3N3. The molecule has 1 atom stereocenters. The number of nitrogens with one attached hydrogen (secondary N) is 1. The maximum absolute atomic E-state index is 12.4. The molecule has 1 unspecified atom stereocenters. The second-order valence-corrected chi connectivity index (χ2v) is 7.04. The van der Waals surface area contributed by atoms with Gasteiger partial charge in [-0.2, -0.15) is 13.2 Å². The van der Waals surface area contributed by atoms with E-state index >= 15 is 0 Å². The molecule has 0 aromatic carbocycles. The summed E-state index contributed by atoms with van der Waals surface area (Å²) in [6, 6.07) is 0.383. The quantitative estimate of drug-likeness (QED) is 0.811. The number of hydrogen-bond donors (Lipinski definition) is 1. The second kappa shape index (κ2) is 8.50. The van der Waals surface area contributed by atoms with Crippen LogP contribution < -0.4 is 5.32 Å². The number of rotatable bonds is 6. The number of nitrogens with zero attached hydrogens (tertiary/aromatic N) is 2. The third-order valence-electron chi connectivity index (χ3n) is 4.76. The molecule has 0 spiro atoms. The van der Waals surface area contributed by atoms with Gasteiger partial charge in [-0.1, -0.05) is 13.3 Å². The van der Waals surface area contributed by atoms with Gasteiger partial charge in [0.1, 0.15) is 0 Å². The average molecular weight is 321 g/mol. The lowest BCUT2D eigenvalue weighted by atomic mass is 10.0. The van der Waals surface area contributed by atoms with E-state index in [1.54, 1.807) is 0 Å². The Morgan fingerprint density at radius 1 is 1.00 bits per heavy atom. The highest BCUT2D eigenvalue weighted by molar-refractivity contribution is 4.79. The first kappa shape index (κ1) is 18.0. The summed E-state index contributed by atoms with van der Waals surface area (Å²) in [6.07, 6.45) is 1.58. The molecule has 2 fully saturated rings. The van der Waals surface area contributed by atoms with E-state index in [2.05, 4.69) is 17.1 Å². The van der Waals surface area contributed by atoms with Gasteiger partial charge in [0.05, 0.1) is 6.54 Å². The number of likely N-dealkylation sites (tertiary alicyclic amines) is 2. The highest BCUT2D eigenvalue weighted by Gasteiger charge is 2.32. The van der Waals surface area contributed by atoms with E-state index in [0.717, 1.165) is 25.9 Å². The monoisotopic (exact) mass is 321 g/mol. The molecule has 0 aromatic heterocycles. The van der Waals surface area contributed by atoms with Crippen molar-refractivity contribution >= 4 is 0 Å². The number of hydrogen-bond acceptors (Lipinski definition) is 3. The highest BCUT2D eigenvalue weighted by atomic mass is 19.4. The van der Waals surface area contributed by atoms with Gasteiger partial charge in [-0.05, 0) is 64.3 Å². The van der Waals surface area contributed by atoms with Gasteiger partial charge in [0.2, 0.25) is 0 Å². The standard InChI is InChI=1S/C16H30F3N3/c1-14(12-21-7-3-2-4-8-21)11-20-15-5-9-22(10-6-15)13-16(17,18)19/h14-15,20H,2-13H2,1H3. The van der Waals surface area contributed by atoms with Gasteiger partial charge in [0.15, 0.2) is 0 Å². The van der Waals surface area contributed by atoms with Crippen LogP contribution in [0, 0.1) is 5.92 Å². The summed E-state index contributed by atoms with van der Waals surface area (Å²) in [6.45, 7) is 7.17. The first-order valence-corrected chi connectivity index (χ1v) is 8.67. The Hall–Kier alpha value is -0.330. The predicted octanol–water partition coefficient (Wildman–Crippen LogP) is 2.72. The Morgan fingerprint density at radius 2 is 1.64 bits per heavy atom. The topological polar surface area (TPSA) is 18.5 Å². The SMILES string of the molecule is CC(CNC1CCN(CC(F)(F)F)CC1)CN1CCCCC1. The van der Waals surface area contributed by atoms with E-state index in [-0.39, 0.29) is 0 Å². The van der Waals surface area contributed by atoms with Crippen molar-refractivity contribution in [3.63, 3.8) is 0 Å². The van der Waals surface area contributed by atoms with E-state index < -0.39 is 12.7 Å². The third-order valence-corrected chi connectivity index (χ3v) is 4.76. The molecule has 6 heteroatoms. The minimum atomic E-state index is -4.07. The van der Waals surface area contributed by atoms with Gasteiger partial charge in [-0.15, -0.1) is 0 Å². The summed E-state index contributed by atoms with van der Waals surface area (Å²) in [4.78, 5) is 4.07. The van der Waals surface area contributed by atoms with Crippen LogP contribution in [0.3, 0.4) is 0 Å². The van der Waals surface area contributed by atoms with E-state index in [1.807, 2.05) is 0 Å². The van der Waals surface area contributed by atoms with Crippen LogP contribution >= 0.6 is 0 Å². The van der Waals surface area contributed by atoms with Crippen molar-refractivity contribution in [2.45, 2.75) is 51.2 Å². The van der Waals surface area contributed by atoms with Crippen LogP contribution in [-0.2, 0) is 0 Å².